The van der Waals surface area contributed by atoms with Gasteiger partial charge in [-0.25, -0.2) is 4.98 Å². The third-order valence-electron chi connectivity index (χ3n) is 4.37. The second kappa shape index (κ2) is 8.22. The lowest BCUT2D eigenvalue weighted by Crippen LogP contribution is -2.32. The smallest absolute Gasteiger partial charge is 0.248 e. The predicted molar refractivity (Wildman–Crippen MR) is 93.6 cm³/mol. The molecule has 0 saturated heterocycles. The van der Waals surface area contributed by atoms with Crippen molar-refractivity contribution in [2.45, 2.75) is 19.6 Å². The van der Waals surface area contributed by atoms with Gasteiger partial charge in [-0.05, 0) is 17.7 Å². The first kappa shape index (κ1) is 17.6. The molecule has 3 heterocycles. The van der Waals surface area contributed by atoms with Gasteiger partial charge in [-0.2, -0.15) is 0 Å². The number of amides is 1. The van der Waals surface area contributed by atoms with Crippen molar-refractivity contribution in [1.29, 1.82) is 0 Å². The fourth-order valence-corrected chi connectivity index (χ4v) is 3.04. The third-order valence-corrected chi connectivity index (χ3v) is 4.37. The Morgan fingerprint density at radius 3 is 2.84 bits per heavy atom. The van der Waals surface area contributed by atoms with Gasteiger partial charge in [-0.15, -0.1) is 0 Å². The Kier molecular flexibility index (Phi) is 5.78. The second-order valence-electron chi connectivity index (χ2n) is 6.69. The van der Waals surface area contributed by atoms with Gasteiger partial charge in [0.1, 0.15) is 12.4 Å². The number of carbonyl (C=O) groups is 1. The number of hydrogen-bond acceptors (Lipinski definition) is 5. The summed E-state index contributed by atoms with van der Waals surface area (Å²) in [6, 6.07) is 4.08. The van der Waals surface area contributed by atoms with E-state index in [1.807, 2.05) is 36.9 Å². The van der Waals surface area contributed by atoms with Crippen molar-refractivity contribution < 1.29 is 9.53 Å². The highest BCUT2D eigenvalue weighted by Crippen LogP contribution is 2.18. The third kappa shape index (κ3) is 4.87. The van der Waals surface area contributed by atoms with Crippen LogP contribution >= 0.6 is 0 Å². The molecule has 134 valence electrons. The van der Waals surface area contributed by atoms with Gasteiger partial charge in [0.15, 0.2) is 0 Å². The summed E-state index contributed by atoms with van der Waals surface area (Å²) in [7, 11) is 3.48. The maximum atomic E-state index is 11.7. The standard InChI is InChI=1S/C18H25N5O2/c1-21(2)18(24)14-25-13-16-10-22(9-15-3-5-19-6-4-15)12-17-20-7-8-23(17)11-16/h3-8,16H,9-14H2,1-2H3/t16-/m1/s1. The summed E-state index contributed by atoms with van der Waals surface area (Å²) in [6.07, 6.45) is 7.51. The summed E-state index contributed by atoms with van der Waals surface area (Å²) in [6.45, 7) is 4.11. The zero-order valence-electron chi connectivity index (χ0n) is 14.8. The van der Waals surface area contributed by atoms with E-state index in [0.717, 1.165) is 32.0 Å². The maximum absolute atomic E-state index is 11.7. The molecule has 3 rings (SSSR count). The molecule has 1 amide bonds. The monoisotopic (exact) mass is 343 g/mol. The summed E-state index contributed by atoms with van der Waals surface area (Å²) in [5, 5.41) is 0. The average molecular weight is 343 g/mol. The molecule has 0 unspecified atom stereocenters. The van der Waals surface area contributed by atoms with Crippen LogP contribution in [-0.2, 0) is 29.2 Å². The van der Waals surface area contributed by atoms with Crippen molar-refractivity contribution in [3.63, 3.8) is 0 Å². The van der Waals surface area contributed by atoms with Crippen LogP contribution in [0.4, 0.5) is 0 Å². The first-order valence-electron chi connectivity index (χ1n) is 8.51. The molecule has 1 aliphatic rings. The fourth-order valence-electron chi connectivity index (χ4n) is 3.04. The zero-order chi connectivity index (χ0) is 17.6. The molecule has 25 heavy (non-hydrogen) atoms. The minimum absolute atomic E-state index is 0.00872. The first-order chi connectivity index (χ1) is 12.1. The molecule has 1 atom stereocenters. The first-order valence-corrected chi connectivity index (χ1v) is 8.51. The molecular weight excluding hydrogens is 318 g/mol. The largest absolute Gasteiger partial charge is 0.371 e. The summed E-state index contributed by atoms with van der Waals surface area (Å²) >= 11 is 0. The van der Waals surface area contributed by atoms with Crippen molar-refractivity contribution in [1.82, 2.24) is 24.3 Å². The van der Waals surface area contributed by atoms with E-state index < -0.39 is 0 Å². The van der Waals surface area contributed by atoms with Crippen LogP contribution in [0.2, 0.25) is 0 Å². The lowest BCUT2D eigenvalue weighted by Gasteiger charge is -2.24. The molecule has 0 fully saturated rings. The van der Waals surface area contributed by atoms with Crippen LogP contribution < -0.4 is 0 Å². The molecule has 2 aromatic rings. The molecule has 0 N–H and O–H groups in total. The van der Waals surface area contributed by atoms with Crippen LogP contribution in [0, 0.1) is 5.92 Å². The number of hydrogen-bond donors (Lipinski definition) is 0. The Morgan fingerprint density at radius 2 is 2.08 bits per heavy atom. The summed E-state index contributed by atoms with van der Waals surface area (Å²) in [5.41, 5.74) is 1.23. The molecule has 0 aromatic carbocycles. The molecule has 0 bridgehead atoms. The molecule has 0 radical (unpaired) electrons. The van der Waals surface area contributed by atoms with Gasteiger partial charge in [-0.1, -0.05) is 0 Å². The van der Waals surface area contributed by atoms with Crippen LogP contribution in [-0.4, -0.2) is 64.1 Å². The number of rotatable bonds is 6. The van der Waals surface area contributed by atoms with E-state index in [4.69, 9.17) is 4.74 Å². The maximum Gasteiger partial charge on any atom is 0.248 e. The van der Waals surface area contributed by atoms with Gasteiger partial charge >= 0.3 is 0 Å². The van der Waals surface area contributed by atoms with E-state index in [0.29, 0.717) is 12.5 Å². The molecule has 7 nitrogen and oxygen atoms in total. The Balaban J connectivity index is 1.63. The number of likely N-dealkylation sites (N-methyl/N-ethyl adjacent to an activating group) is 1. The number of fused-ring (bicyclic) bond motifs is 1. The van der Waals surface area contributed by atoms with Gasteiger partial charge in [0.2, 0.25) is 5.91 Å². The van der Waals surface area contributed by atoms with E-state index in [2.05, 4.69) is 19.4 Å². The average Bonchev–Trinajstić information content (AvgIpc) is 2.95. The number of aromatic nitrogens is 3. The normalized spacial score (nSPS) is 17.8. The van der Waals surface area contributed by atoms with Crippen LogP contribution in [0.1, 0.15) is 11.4 Å². The number of carbonyl (C=O) groups excluding carboxylic acids is 1. The van der Waals surface area contributed by atoms with Crippen molar-refractivity contribution in [3.8, 4) is 0 Å². The number of pyridine rings is 1. The van der Waals surface area contributed by atoms with E-state index in [1.54, 1.807) is 19.0 Å². The zero-order valence-corrected chi connectivity index (χ0v) is 14.8. The summed E-state index contributed by atoms with van der Waals surface area (Å²) in [4.78, 5) is 24.2. The van der Waals surface area contributed by atoms with Crippen LogP contribution in [0.25, 0.3) is 0 Å². The minimum atomic E-state index is -0.00872. The highest BCUT2D eigenvalue weighted by Gasteiger charge is 2.23. The highest BCUT2D eigenvalue weighted by molar-refractivity contribution is 5.76. The molecule has 1 aliphatic heterocycles. The van der Waals surface area contributed by atoms with Gasteiger partial charge < -0.3 is 14.2 Å². The highest BCUT2D eigenvalue weighted by atomic mass is 16.5. The molecule has 7 heteroatoms. The van der Waals surface area contributed by atoms with Crippen molar-refractivity contribution in [2.75, 3.05) is 33.9 Å². The SMILES string of the molecule is CN(C)C(=O)COC[C@@H]1CN(Cc2ccncc2)Cc2nccn2C1. The Hall–Kier alpha value is -2.25. The van der Waals surface area contributed by atoms with E-state index >= 15 is 0 Å². The second-order valence-corrected chi connectivity index (χ2v) is 6.69. The van der Waals surface area contributed by atoms with E-state index in [1.165, 1.54) is 5.56 Å². The van der Waals surface area contributed by atoms with Gasteiger partial charge in [0.25, 0.3) is 0 Å². The summed E-state index contributed by atoms with van der Waals surface area (Å²) in [5.74, 6) is 1.37. The van der Waals surface area contributed by atoms with Crippen molar-refractivity contribution in [2.24, 2.45) is 5.92 Å². The minimum Gasteiger partial charge on any atom is -0.371 e. The topological polar surface area (TPSA) is 63.5 Å². The molecule has 0 aliphatic carbocycles. The van der Waals surface area contributed by atoms with Crippen LogP contribution in [0.15, 0.2) is 36.9 Å². The van der Waals surface area contributed by atoms with Gasteiger partial charge in [0, 0.05) is 64.4 Å². The Labute approximate surface area is 148 Å². The summed E-state index contributed by atoms with van der Waals surface area (Å²) < 4.78 is 7.87. The van der Waals surface area contributed by atoms with Gasteiger partial charge in [0.05, 0.1) is 13.2 Å². The van der Waals surface area contributed by atoms with Crippen molar-refractivity contribution >= 4 is 5.91 Å². The van der Waals surface area contributed by atoms with Crippen LogP contribution in [0.5, 0.6) is 0 Å². The quantitative estimate of drug-likeness (QED) is 0.783. The van der Waals surface area contributed by atoms with E-state index in [-0.39, 0.29) is 12.5 Å². The lowest BCUT2D eigenvalue weighted by atomic mass is 10.1. The fraction of sp³-hybridized carbons (Fsp3) is 0.500. The molecule has 0 saturated carbocycles. The molecule has 0 spiro atoms. The number of imidazole rings is 1. The van der Waals surface area contributed by atoms with Crippen LogP contribution in [0.3, 0.4) is 0 Å². The van der Waals surface area contributed by atoms with E-state index in [9.17, 15) is 4.79 Å². The Morgan fingerprint density at radius 1 is 1.28 bits per heavy atom. The number of ether oxygens (including phenoxy) is 1. The Bertz CT molecular complexity index is 686. The number of nitrogens with zero attached hydrogens (tertiary/aromatic N) is 5. The molecule has 2 aromatic heterocycles. The van der Waals surface area contributed by atoms with Crippen molar-refractivity contribution in [3.05, 3.63) is 48.3 Å². The molecular formula is C18H25N5O2. The lowest BCUT2D eigenvalue weighted by molar-refractivity contribution is -0.134. The van der Waals surface area contributed by atoms with Gasteiger partial charge in [-0.3, -0.25) is 14.7 Å². The predicted octanol–water partition coefficient (Wildman–Crippen LogP) is 1.01.